The predicted molar refractivity (Wildman–Crippen MR) is 82.3 cm³/mol. The Labute approximate surface area is 133 Å². The zero-order valence-electron chi connectivity index (χ0n) is 12.4. The molecule has 1 amide bonds. The number of aromatic nitrogens is 2. The number of hydrogen-bond acceptors (Lipinski definition) is 5. The zero-order chi connectivity index (χ0) is 16.4. The van der Waals surface area contributed by atoms with Crippen LogP contribution in [0, 0.1) is 0 Å². The lowest BCUT2D eigenvalue weighted by molar-refractivity contribution is -0.134. The van der Waals surface area contributed by atoms with Crippen molar-refractivity contribution in [2.45, 2.75) is 31.0 Å². The number of ether oxygens (including phenoxy) is 1. The van der Waals surface area contributed by atoms with E-state index in [1.54, 1.807) is 24.3 Å². The van der Waals surface area contributed by atoms with Crippen LogP contribution in [0.4, 0.5) is 5.69 Å². The van der Waals surface area contributed by atoms with E-state index in [9.17, 15) is 13.2 Å². The van der Waals surface area contributed by atoms with Crippen LogP contribution in [0.3, 0.4) is 0 Å². The number of nitrogens with one attached hydrogen (secondary N) is 2. The average Bonchev–Trinajstić information content (AvgIpc) is 2.97. The van der Waals surface area contributed by atoms with Crippen molar-refractivity contribution in [3.8, 4) is 5.75 Å². The van der Waals surface area contributed by atoms with Gasteiger partial charge in [0, 0.05) is 12.7 Å². The highest BCUT2D eigenvalue weighted by molar-refractivity contribution is 7.92. The second kappa shape index (κ2) is 5.92. The van der Waals surface area contributed by atoms with E-state index in [4.69, 9.17) is 4.74 Å². The molecule has 1 aromatic heterocycles. The SMILES string of the molecule is CCn1cc(S(=O)(=O)Nc2ccccc2O[C@H]2CC(=O)N2)cn1. The van der Waals surface area contributed by atoms with Crippen LogP contribution in [0.2, 0.25) is 0 Å². The third kappa shape index (κ3) is 3.29. The van der Waals surface area contributed by atoms with Gasteiger partial charge in [0.15, 0.2) is 6.23 Å². The van der Waals surface area contributed by atoms with E-state index in [1.165, 1.54) is 17.1 Å². The molecule has 0 spiro atoms. The van der Waals surface area contributed by atoms with Gasteiger partial charge in [0.25, 0.3) is 10.0 Å². The molecule has 1 aromatic carbocycles. The van der Waals surface area contributed by atoms with E-state index in [-0.39, 0.29) is 17.2 Å². The molecule has 0 aliphatic carbocycles. The minimum absolute atomic E-state index is 0.0751. The van der Waals surface area contributed by atoms with E-state index >= 15 is 0 Å². The number of aryl methyl sites for hydroxylation is 1. The molecule has 2 N–H and O–H groups in total. The van der Waals surface area contributed by atoms with Crippen molar-refractivity contribution >= 4 is 21.6 Å². The fourth-order valence-corrected chi connectivity index (χ4v) is 3.09. The highest BCUT2D eigenvalue weighted by Crippen LogP contribution is 2.28. The van der Waals surface area contributed by atoms with Crippen molar-refractivity contribution in [2.24, 2.45) is 0 Å². The van der Waals surface area contributed by atoms with Crippen molar-refractivity contribution in [3.63, 3.8) is 0 Å². The van der Waals surface area contributed by atoms with E-state index in [1.807, 2.05) is 6.92 Å². The van der Waals surface area contributed by atoms with Crippen LogP contribution in [0.25, 0.3) is 0 Å². The third-order valence-electron chi connectivity index (χ3n) is 3.34. The molecular formula is C14H16N4O4S. The number of carbonyl (C=O) groups is 1. The maximum Gasteiger partial charge on any atom is 0.265 e. The van der Waals surface area contributed by atoms with Crippen LogP contribution in [0.15, 0.2) is 41.6 Å². The minimum Gasteiger partial charge on any atom is -0.468 e. The van der Waals surface area contributed by atoms with E-state index in [2.05, 4.69) is 15.1 Å². The molecule has 2 heterocycles. The van der Waals surface area contributed by atoms with Gasteiger partial charge in [0.05, 0.1) is 18.3 Å². The molecule has 9 heteroatoms. The first-order chi connectivity index (χ1) is 11.0. The minimum atomic E-state index is -3.76. The number of anilines is 1. The number of hydrogen-bond donors (Lipinski definition) is 2. The summed E-state index contributed by atoms with van der Waals surface area (Å²) < 4.78 is 34.4. The van der Waals surface area contributed by atoms with Gasteiger partial charge in [-0.05, 0) is 19.1 Å². The van der Waals surface area contributed by atoms with Crippen molar-refractivity contribution < 1.29 is 17.9 Å². The van der Waals surface area contributed by atoms with Crippen LogP contribution < -0.4 is 14.8 Å². The molecule has 0 unspecified atom stereocenters. The molecular weight excluding hydrogens is 320 g/mol. The standard InChI is InChI=1S/C14H16N4O4S/c1-2-18-9-10(8-15-18)23(20,21)17-11-5-3-4-6-12(11)22-14-7-13(19)16-14/h3-6,8-9,14,17H,2,7H2,1H3,(H,16,19)/t14-/m0/s1. The first-order valence-electron chi connectivity index (χ1n) is 7.08. The highest BCUT2D eigenvalue weighted by atomic mass is 32.2. The summed E-state index contributed by atoms with van der Waals surface area (Å²) in [6.45, 7) is 2.45. The van der Waals surface area contributed by atoms with Gasteiger partial charge in [-0.3, -0.25) is 14.2 Å². The number of carbonyl (C=O) groups excluding carboxylic acids is 1. The third-order valence-corrected chi connectivity index (χ3v) is 4.66. The van der Waals surface area contributed by atoms with Crippen LogP contribution in [0.1, 0.15) is 13.3 Å². The maximum absolute atomic E-state index is 12.4. The lowest BCUT2D eigenvalue weighted by Gasteiger charge is -2.28. The maximum atomic E-state index is 12.4. The zero-order valence-corrected chi connectivity index (χ0v) is 13.2. The van der Waals surface area contributed by atoms with Crippen molar-refractivity contribution in [3.05, 3.63) is 36.7 Å². The second-order valence-electron chi connectivity index (χ2n) is 5.01. The molecule has 0 bridgehead atoms. The first kappa shape index (κ1) is 15.3. The number of para-hydroxylation sites is 2. The Kier molecular flexibility index (Phi) is 3.95. The number of sulfonamides is 1. The van der Waals surface area contributed by atoms with Crippen LogP contribution >= 0.6 is 0 Å². The van der Waals surface area contributed by atoms with E-state index < -0.39 is 16.3 Å². The molecule has 0 radical (unpaired) electrons. The molecule has 8 nitrogen and oxygen atoms in total. The van der Waals surface area contributed by atoms with Gasteiger partial charge >= 0.3 is 0 Å². The molecule has 122 valence electrons. The van der Waals surface area contributed by atoms with Crippen LogP contribution in [-0.2, 0) is 21.4 Å². The molecule has 1 aliphatic heterocycles. The van der Waals surface area contributed by atoms with Crippen molar-refractivity contribution in [1.29, 1.82) is 0 Å². The summed E-state index contributed by atoms with van der Waals surface area (Å²) in [4.78, 5) is 11.0. The summed E-state index contributed by atoms with van der Waals surface area (Å²) in [5.74, 6) is 0.254. The summed E-state index contributed by atoms with van der Waals surface area (Å²) in [7, 11) is -3.76. The number of benzene rings is 1. The first-order valence-corrected chi connectivity index (χ1v) is 8.56. The summed E-state index contributed by atoms with van der Waals surface area (Å²) in [5, 5.41) is 6.54. The lowest BCUT2D eigenvalue weighted by Crippen LogP contribution is -2.51. The normalized spacial score (nSPS) is 17.3. The second-order valence-corrected chi connectivity index (χ2v) is 6.69. The Balaban J connectivity index is 1.80. The number of amides is 1. The lowest BCUT2D eigenvalue weighted by atomic mass is 10.2. The van der Waals surface area contributed by atoms with Gasteiger partial charge in [-0.15, -0.1) is 0 Å². The van der Waals surface area contributed by atoms with Gasteiger partial charge in [0.1, 0.15) is 10.6 Å². The molecule has 1 atom stereocenters. The predicted octanol–water partition coefficient (Wildman–Crippen LogP) is 0.929. The van der Waals surface area contributed by atoms with Crippen LogP contribution in [0.5, 0.6) is 5.75 Å². The van der Waals surface area contributed by atoms with Crippen LogP contribution in [-0.4, -0.2) is 30.3 Å². The highest BCUT2D eigenvalue weighted by Gasteiger charge is 2.28. The monoisotopic (exact) mass is 336 g/mol. The summed E-state index contributed by atoms with van der Waals surface area (Å²) in [6, 6.07) is 6.65. The Bertz CT molecular complexity index is 823. The van der Waals surface area contributed by atoms with Gasteiger partial charge in [0.2, 0.25) is 5.91 Å². The largest absolute Gasteiger partial charge is 0.468 e. The fourth-order valence-electron chi connectivity index (χ4n) is 2.06. The molecule has 23 heavy (non-hydrogen) atoms. The van der Waals surface area contributed by atoms with Crippen molar-refractivity contribution in [1.82, 2.24) is 15.1 Å². The van der Waals surface area contributed by atoms with Crippen molar-refractivity contribution in [2.75, 3.05) is 4.72 Å². The summed E-state index contributed by atoms with van der Waals surface area (Å²) >= 11 is 0. The summed E-state index contributed by atoms with van der Waals surface area (Å²) in [6.07, 6.45) is 2.57. The smallest absolute Gasteiger partial charge is 0.265 e. The van der Waals surface area contributed by atoms with Gasteiger partial charge in [-0.25, -0.2) is 8.42 Å². The molecule has 0 saturated carbocycles. The Morgan fingerprint density at radius 2 is 2.17 bits per heavy atom. The summed E-state index contributed by atoms with van der Waals surface area (Å²) in [5.41, 5.74) is 0.304. The van der Waals surface area contributed by atoms with Gasteiger partial charge in [-0.1, -0.05) is 12.1 Å². The Morgan fingerprint density at radius 1 is 1.43 bits per heavy atom. The Hall–Kier alpha value is -2.55. The van der Waals surface area contributed by atoms with Gasteiger partial charge < -0.3 is 10.1 Å². The quantitative estimate of drug-likeness (QED) is 0.764. The Morgan fingerprint density at radius 3 is 2.83 bits per heavy atom. The number of nitrogens with zero attached hydrogens (tertiary/aromatic N) is 2. The molecule has 1 saturated heterocycles. The average molecular weight is 336 g/mol. The topological polar surface area (TPSA) is 102 Å². The number of rotatable bonds is 6. The van der Waals surface area contributed by atoms with Gasteiger partial charge in [-0.2, -0.15) is 5.10 Å². The molecule has 1 aliphatic rings. The van der Waals surface area contributed by atoms with E-state index in [0.29, 0.717) is 18.0 Å². The molecule has 2 aromatic rings. The molecule has 1 fully saturated rings. The van der Waals surface area contributed by atoms with E-state index in [0.717, 1.165) is 0 Å². The number of β-lactam (4-membered cyclic amide) rings is 1. The fraction of sp³-hybridized carbons (Fsp3) is 0.286. The molecule has 3 rings (SSSR count).